The number of hydrogen-bond donors (Lipinski definition) is 1. The lowest BCUT2D eigenvalue weighted by atomic mass is 10.0. The number of aryl methyl sites for hydroxylation is 2. The maximum absolute atomic E-state index is 3.68. The van der Waals surface area contributed by atoms with Gasteiger partial charge >= 0.3 is 0 Å². The van der Waals surface area contributed by atoms with Crippen molar-refractivity contribution in [1.82, 2.24) is 0 Å². The molecule has 1 N–H and O–H groups in total. The predicted octanol–water partition coefficient (Wildman–Crippen LogP) is 5.94. The largest absolute Gasteiger partial charge is 0.377 e. The van der Waals surface area contributed by atoms with Gasteiger partial charge in [-0.3, -0.25) is 0 Å². The van der Waals surface area contributed by atoms with Crippen LogP contribution in [0.4, 0.5) is 5.69 Å². The molecule has 1 aromatic heterocycles. The Kier molecular flexibility index (Phi) is 4.69. The van der Waals surface area contributed by atoms with Gasteiger partial charge in [-0.25, -0.2) is 0 Å². The van der Waals surface area contributed by atoms with Crippen LogP contribution in [0.15, 0.2) is 34.1 Å². The van der Waals surface area contributed by atoms with E-state index in [0.717, 1.165) is 0 Å². The summed E-state index contributed by atoms with van der Waals surface area (Å²) in [4.78, 5) is 1.40. The van der Waals surface area contributed by atoms with E-state index in [4.69, 9.17) is 0 Å². The molecule has 2 aromatic rings. The van der Waals surface area contributed by atoms with E-state index in [1.165, 1.54) is 26.2 Å². The molecule has 1 heterocycles. The summed E-state index contributed by atoms with van der Waals surface area (Å²) in [6.45, 7) is 8.79. The lowest BCUT2D eigenvalue weighted by Gasteiger charge is -2.23. The van der Waals surface area contributed by atoms with E-state index in [-0.39, 0.29) is 0 Å². The first-order valence-corrected chi connectivity index (χ1v) is 8.23. The summed E-state index contributed by atoms with van der Waals surface area (Å²) < 4.78 is 1.20. The molecular formula is C16H20BrNS. The van der Waals surface area contributed by atoms with E-state index in [1.807, 2.05) is 11.3 Å². The molecule has 0 aliphatic rings. The third kappa shape index (κ3) is 3.40. The van der Waals surface area contributed by atoms with Gasteiger partial charge in [-0.15, -0.1) is 11.3 Å². The lowest BCUT2D eigenvalue weighted by molar-refractivity contribution is 0.554. The van der Waals surface area contributed by atoms with E-state index in [2.05, 4.69) is 78.6 Å². The Morgan fingerprint density at radius 1 is 1.16 bits per heavy atom. The van der Waals surface area contributed by atoms with Crippen molar-refractivity contribution in [3.63, 3.8) is 0 Å². The summed E-state index contributed by atoms with van der Waals surface area (Å²) in [5.41, 5.74) is 3.75. The van der Waals surface area contributed by atoms with Crippen LogP contribution < -0.4 is 5.32 Å². The van der Waals surface area contributed by atoms with Crippen molar-refractivity contribution in [1.29, 1.82) is 0 Å². The summed E-state index contributed by atoms with van der Waals surface area (Å²) in [5, 5.41) is 5.82. The summed E-state index contributed by atoms with van der Waals surface area (Å²) in [6.07, 6.45) is 0. The average Bonchev–Trinajstić information content (AvgIpc) is 2.86. The summed E-state index contributed by atoms with van der Waals surface area (Å²) in [6, 6.07) is 9.12. The van der Waals surface area contributed by atoms with Gasteiger partial charge in [-0.2, -0.15) is 0 Å². The van der Waals surface area contributed by atoms with Crippen molar-refractivity contribution in [3.05, 3.63) is 50.1 Å². The monoisotopic (exact) mass is 337 g/mol. The first-order valence-electron chi connectivity index (χ1n) is 6.55. The maximum Gasteiger partial charge on any atom is 0.0629 e. The number of thiophene rings is 1. The lowest BCUT2D eigenvalue weighted by Crippen LogP contribution is -2.15. The minimum Gasteiger partial charge on any atom is -0.377 e. The van der Waals surface area contributed by atoms with Gasteiger partial charge in [0.2, 0.25) is 0 Å². The third-order valence-corrected chi connectivity index (χ3v) is 5.48. The highest BCUT2D eigenvalue weighted by Crippen LogP contribution is 2.32. The van der Waals surface area contributed by atoms with Gasteiger partial charge in [0.05, 0.1) is 6.04 Å². The van der Waals surface area contributed by atoms with Crippen LogP contribution in [-0.2, 0) is 0 Å². The van der Waals surface area contributed by atoms with Crippen LogP contribution in [0.2, 0.25) is 0 Å². The van der Waals surface area contributed by atoms with Crippen molar-refractivity contribution < 1.29 is 0 Å². The highest BCUT2D eigenvalue weighted by Gasteiger charge is 2.17. The number of rotatable bonds is 4. The predicted molar refractivity (Wildman–Crippen MR) is 89.1 cm³/mol. The maximum atomic E-state index is 3.68. The van der Waals surface area contributed by atoms with Crippen LogP contribution in [-0.4, -0.2) is 0 Å². The number of nitrogens with one attached hydrogen (secondary N) is 1. The summed E-state index contributed by atoms with van der Waals surface area (Å²) >= 11 is 5.44. The minimum atomic E-state index is 0.375. The fourth-order valence-electron chi connectivity index (χ4n) is 2.24. The van der Waals surface area contributed by atoms with Crippen LogP contribution >= 0.6 is 27.3 Å². The van der Waals surface area contributed by atoms with E-state index >= 15 is 0 Å². The quantitative estimate of drug-likeness (QED) is 0.728. The summed E-state index contributed by atoms with van der Waals surface area (Å²) in [7, 11) is 0. The van der Waals surface area contributed by atoms with E-state index in [0.29, 0.717) is 12.0 Å². The molecule has 0 bridgehead atoms. The molecule has 0 saturated heterocycles. The number of benzene rings is 1. The van der Waals surface area contributed by atoms with Gasteiger partial charge in [-0.05, 0) is 54.5 Å². The molecule has 3 heteroatoms. The van der Waals surface area contributed by atoms with Crippen LogP contribution in [0.5, 0.6) is 0 Å². The van der Waals surface area contributed by atoms with Crippen LogP contribution in [0.1, 0.15) is 35.9 Å². The molecule has 0 aliphatic heterocycles. The van der Waals surface area contributed by atoms with Crippen LogP contribution in [0.25, 0.3) is 0 Å². The molecule has 2 rings (SSSR count). The number of hydrogen-bond acceptors (Lipinski definition) is 2. The molecular weight excluding hydrogens is 318 g/mol. The molecule has 102 valence electrons. The zero-order valence-electron chi connectivity index (χ0n) is 11.8. The van der Waals surface area contributed by atoms with E-state index in [9.17, 15) is 0 Å². The summed E-state index contributed by atoms with van der Waals surface area (Å²) in [5.74, 6) is 0.558. The van der Waals surface area contributed by atoms with E-state index in [1.54, 1.807) is 0 Å². The van der Waals surface area contributed by atoms with Crippen molar-refractivity contribution in [2.24, 2.45) is 5.92 Å². The van der Waals surface area contributed by atoms with Crippen LogP contribution in [0.3, 0.4) is 0 Å². The second kappa shape index (κ2) is 6.10. The second-order valence-electron chi connectivity index (χ2n) is 5.31. The molecule has 1 unspecified atom stereocenters. The highest BCUT2D eigenvalue weighted by molar-refractivity contribution is 9.10. The van der Waals surface area contributed by atoms with Crippen LogP contribution in [0, 0.1) is 19.8 Å². The Bertz CT molecular complexity index is 523. The van der Waals surface area contributed by atoms with Crippen molar-refractivity contribution in [3.8, 4) is 0 Å². The second-order valence-corrected chi connectivity index (χ2v) is 7.08. The zero-order chi connectivity index (χ0) is 14.0. The molecule has 1 aromatic carbocycles. The minimum absolute atomic E-state index is 0.375. The number of halogens is 1. The third-order valence-electron chi connectivity index (χ3n) is 3.27. The van der Waals surface area contributed by atoms with Gasteiger partial charge in [-0.1, -0.05) is 35.8 Å². The van der Waals surface area contributed by atoms with Gasteiger partial charge in [0.25, 0.3) is 0 Å². The Morgan fingerprint density at radius 2 is 1.79 bits per heavy atom. The van der Waals surface area contributed by atoms with Gasteiger partial charge in [0, 0.05) is 15.0 Å². The van der Waals surface area contributed by atoms with Gasteiger partial charge in [0.15, 0.2) is 0 Å². The first-order chi connectivity index (χ1) is 8.99. The Labute approximate surface area is 128 Å². The number of anilines is 1. The topological polar surface area (TPSA) is 12.0 Å². The standard InChI is InChI=1S/C16H20BrNS/c1-10(2)16(14-6-5-7-19-14)18-13-8-11(3)15(17)12(4)9-13/h5-10,16,18H,1-4H3. The molecule has 1 nitrogen and oxygen atoms in total. The Balaban J connectivity index is 2.28. The van der Waals surface area contributed by atoms with Gasteiger partial charge < -0.3 is 5.32 Å². The molecule has 0 spiro atoms. The Morgan fingerprint density at radius 3 is 2.26 bits per heavy atom. The molecule has 0 fully saturated rings. The zero-order valence-corrected chi connectivity index (χ0v) is 14.2. The van der Waals surface area contributed by atoms with Crippen molar-refractivity contribution in [2.45, 2.75) is 33.7 Å². The molecule has 1 atom stereocenters. The average molecular weight is 338 g/mol. The van der Waals surface area contributed by atoms with Crippen molar-refractivity contribution in [2.75, 3.05) is 5.32 Å². The molecule has 0 amide bonds. The highest BCUT2D eigenvalue weighted by atomic mass is 79.9. The normalized spacial score (nSPS) is 12.7. The first kappa shape index (κ1) is 14.6. The van der Waals surface area contributed by atoms with E-state index < -0.39 is 0 Å². The fourth-order valence-corrected chi connectivity index (χ4v) is 3.42. The molecule has 0 saturated carbocycles. The van der Waals surface area contributed by atoms with Gasteiger partial charge in [0.1, 0.15) is 0 Å². The Hall–Kier alpha value is -0.800. The molecule has 0 radical (unpaired) electrons. The smallest absolute Gasteiger partial charge is 0.0629 e. The SMILES string of the molecule is Cc1cc(NC(c2cccs2)C(C)C)cc(C)c1Br. The fraction of sp³-hybridized carbons (Fsp3) is 0.375. The van der Waals surface area contributed by atoms with Crippen molar-refractivity contribution >= 4 is 33.0 Å². The molecule has 0 aliphatic carbocycles. The molecule has 19 heavy (non-hydrogen) atoms.